The number of amidine groups is 1. The Labute approximate surface area is 159 Å². The van der Waals surface area contributed by atoms with Crippen LogP contribution < -0.4 is 11.2 Å². The second-order valence-corrected chi connectivity index (χ2v) is 6.26. The number of benzene rings is 2. The summed E-state index contributed by atoms with van der Waals surface area (Å²) in [5, 5.41) is 8.37. The lowest BCUT2D eigenvalue weighted by Gasteiger charge is -2.10. The summed E-state index contributed by atoms with van der Waals surface area (Å²) in [5.41, 5.74) is 11.3. The van der Waals surface area contributed by atoms with E-state index in [2.05, 4.69) is 25.4 Å². The van der Waals surface area contributed by atoms with Crippen LogP contribution in [-0.2, 0) is 11.4 Å². The lowest BCUT2D eigenvalue weighted by molar-refractivity contribution is 0.0714. The summed E-state index contributed by atoms with van der Waals surface area (Å²) in [6.45, 7) is 2.17. The Kier molecular flexibility index (Phi) is 5.72. The molecule has 7 nitrogen and oxygen atoms in total. The van der Waals surface area contributed by atoms with E-state index in [1.54, 1.807) is 18.2 Å². The molecule has 0 aliphatic rings. The molecular weight excluding hydrogens is 377 g/mol. The van der Waals surface area contributed by atoms with Crippen molar-refractivity contribution < 1.29 is 9.47 Å². The number of halogens is 2. The standard InChI is InChI=1S/C17H15Cl2N5O2/c1-10-2-6-13(7-3-10)21-17(15-16(20)23-26-22-15)24-25-9-11-4-5-12(18)8-14(11)19/h2-8H,9H2,1H3,(H2,20,23)(H,21,24). The van der Waals surface area contributed by atoms with Gasteiger partial charge in [0.2, 0.25) is 0 Å². The molecule has 134 valence electrons. The topological polar surface area (TPSA) is 98.6 Å². The molecule has 1 heterocycles. The van der Waals surface area contributed by atoms with Gasteiger partial charge < -0.3 is 5.73 Å². The summed E-state index contributed by atoms with van der Waals surface area (Å²) in [7, 11) is 0. The molecule has 3 N–H and O–H groups in total. The van der Waals surface area contributed by atoms with Gasteiger partial charge in [-0.15, -0.1) is 0 Å². The molecule has 26 heavy (non-hydrogen) atoms. The summed E-state index contributed by atoms with van der Waals surface area (Å²) in [5.74, 6) is 0.356. The van der Waals surface area contributed by atoms with Crippen LogP contribution in [0.15, 0.2) is 52.1 Å². The Balaban J connectivity index is 1.78. The third kappa shape index (κ3) is 4.51. The number of aryl methyl sites for hydroxylation is 1. The third-order valence-electron chi connectivity index (χ3n) is 3.42. The highest BCUT2D eigenvalue weighted by atomic mass is 35.5. The highest BCUT2D eigenvalue weighted by molar-refractivity contribution is 6.35. The van der Waals surface area contributed by atoms with Gasteiger partial charge in [-0.3, -0.25) is 4.84 Å². The average Bonchev–Trinajstić information content (AvgIpc) is 3.03. The first-order valence-corrected chi connectivity index (χ1v) is 8.34. The molecule has 0 saturated heterocycles. The van der Waals surface area contributed by atoms with Crippen molar-refractivity contribution in [2.75, 3.05) is 5.73 Å². The second kappa shape index (κ2) is 8.18. The largest absolute Gasteiger partial charge is 0.379 e. The van der Waals surface area contributed by atoms with Gasteiger partial charge in [0.05, 0.1) is 5.69 Å². The van der Waals surface area contributed by atoms with Crippen molar-refractivity contribution >= 4 is 40.5 Å². The Morgan fingerprint density at radius 1 is 1.19 bits per heavy atom. The maximum absolute atomic E-state index is 6.13. The molecule has 0 saturated carbocycles. The van der Waals surface area contributed by atoms with E-state index in [1.165, 1.54) is 0 Å². The zero-order valence-electron chi connectivity index (χ0n) is 13.7. The predicted octanol–water partition coefficient (Wildman–Crippen LogP) is 4.07. The van der Waals surface area contributed by atoms with Crippen molar-refractivity contribution in [2.24, 2.45) is 4.99 Å². The highest BCUT2D eigenvalue weighted by Crippen LogP contribution is 2.21. The van der Waals surface area contributed by atoms with Gasteiger partial charge in [-0.25, -0.2) is 15.1 Å². The molecule has 0 fully saturated rings. The van der Waals surface area contributed by atoms with Crippen LogP contribution in [-0.4, -0.2) is 16.1 Å². The van der Waals surface area contributed by atoms with Gasteiger partial charge in [0.15, 0.2) is 17.3 Å². The third-order valence-corrected chi connectivity index (χ3v) is 4.01. The summed E-state index contributed by atoms with van der Waals surface area (Å²) < 4.78 is 4.64. The average molecular weight is 392 g/mol. The maximum atomic E-state index is 6.13. The number of aromatic nitrogens is 2. The van der Waals surface area contributed by atoms with E-state index in [0.29, 0.717) is 15.7 Å². The van der Waals surface area contributed by atoms with Crippen molar-refractivity contribution in [1.82, 2.24) is 15.8 Å². The van der Waals surface area contributed by atoms with Gasteiger partial charge in [-0.2, -0.15) is 0 Å². The van der Waals surface area contributed by atoms with Gasteiger partial charge in [0.1, 0.15) is 6.61 Å². The SMILES string of the molecule is Cc1ccc(N=C(NOCc2ccc(Cl)cc2Cl)c2nonc2N)cc1. The van der Waals surface area contributed by atoms with Crippen LogP contribution in [0.25, 0.3) is 0 Å². The molecule has 0 radical (unpaired) electrons. The molecule has 0 bridgehead atoms. The van der Waals surface area contributed by atoms with Crippen molar-refractivity contribution in [2.45, 2.75) is 13.5 Å². The summed E-state index contributed by atoms with van der Waals surface area (Å²) >= 11 is 12.0. The Morgan fingerprint density at radius 2 is 1.96 bits per heavy atom. The zero-order valence-corrected chi connectivity index (χ0v) is 15.3. The zero-order chi connectivity index (χ0) is 18.5. The number of hydrogen-bond donors (Lipinski definition) is 2. The molecule has 0 amide bonds. The van der Waals surface area contributed by atoms with Crippen LogP contribution in [0.2, 0.25) is 10.0 Å². The summed E-state index contributed by atoms with van der Waals surface area (Å²) in [6, 6.07) is 12.7. The monoisotopic (exact) mass is 391 g/mol. The van der Waals surface area contributed by atoms with Crippen molar-refractivity contribution in [3.63, 3.8) is 0 Å². The van der Waals surface area contributed by atoms with E-state index >= 15 is 0 Å². The number of aliphatic imine (C=N–C) groups is 1. The Hall–Kier alpha value is -2.61. The van der Waals surface area contributed by atoms with Gasteiger partial charge in [-0.1, -0.05) is 47.0 Å². The van der Waals surface area contributed by atoms with Gasteiger partial charge in [0, 0.05) is 10.0 Å². The van der Waals surface area contributed by atoms with E-state index in [9.17, 15) is 0 Å². The number of hydroxylamine groups is 1. The van der Waals surface area contributed by atoms with Crippen molar-refractivity contribution in [1.29, 1.82) is 0 Å². The molecular formula is C17H15Cl2N5O2. The van der Waals surface area contributed by atoms with Crippen molar-refractivity contribution in [3.05, 3.63) is 69.3 Å². The number of nitrogens with one attached hydrogen (secondary N) is 1. The summed E-state index contributed by atoms with van der Waals surface area (Å²) in [6.07, 6.45) is 0. The minimum atomic E-state index is 0.0940. The molecule has 0 aliphatic carbocycles. The normalized spacial score (nSPS) is 11.6. The first-order valence-electron chi connectivity index (χ1n) is 7.58. The molecule has 0 spiro atoms. The molecule has 3 aromatic rings. The number of nitrogens with zero attached hydrogens (tertiary/aromatic N) is 3. The van der Waals surface area contributed by atoms with Crippen LogP contribution in [0.4, 0.5) is 11.5 Å². The van der Waals surface area contributed by atoms with Gasteiger partial charge in [-0.05, 0) is 47.1 Å². The quantitative estimate of drug-likeness (QED) is 0.386. The number of hydrogen-bond acceptors (Lipinski definition) is 6. The van der Waals surface area contributed by atoms with Crippen LogP contribution in [0.3, 0.4) is 0 Å². The molecule has 0 unspecified atom stereocenters. The maximum Gasteiger partial charge on any atom is 0.199 e. The Bertz CT molecular complexity index is 925. The fourth-order valence-corrected chi connectivity index (χ4v) is 2.52. The van der Waals surface area contributed by atoms with E-state index < -0.39 is 0 Å². The van der Waals surface area contributed by atoms with Crippen molar-refractivity contribution in [3.8, 4) is 0 Å². The minimum absolute atomic E-state index is 0.0940. The van der Waals surface area contributed by atoms with Gasteiger partial charge >= 0.3 is 0 Å². The fourth-order valence-electron chi connectivity index (χ4n) is 2.05. The van der Waals surface area contributed by atoms with Gasteiger partial charge in [0.25, 0.3) is 0 Å². The lowest BCUT2D eigenvalue weighted by Crippen LogP contribution is -2.26. The van der Waals surface area contributed by atoms with E-state index in [-0.39, 0.29) is 24.0 Å². The lowest BCUT2D eigenvalue weighted by atomic mass is 10.2. The first kappa shape index (κ1) is 18.2. The van der Waals surface area contributed by atoms with E-state index in [1.807, 2.05) is 31.2 Å². The van der Waals surface area contributed by atoms with Crippen LogP contribution in [0.5, 0.6) is 0 Å². The van der Waals surface area contributed by atoms with Crippen LogP contribution in [0, 0.1) is 6.92 Å². The number of nitrogen functional groups attached to an aromatic ring is 1. The first-order chi connectivity index (χ1) is 12.5. The van der Waals surface area contributed by atoms with E-state index in [4.69, 9.17) is 33.8 Å². The molecule has 1 aromatic heterocycles. The summed E-state index contributed by atoms with van der Waals surface area (Å²) in [4.78, 5) is 9.96. The predicted molar refractivity (Wildman–Crippen MR) is 100 cm³/mol. The molecule has 9 heteroatoms. The molecule has 0 aliphatic heterocycles. The number of anilines is 1. The molecule has 3 rings (SSSR count). The molecule has 2 aromatic carbocycles. The fraction of sp³-hybridized carbons (Fsp3) is 0.118. The van der Waals surface area contributed by atoms with E-state index in [0.717, 1.165) is 11.1 Å². The number of nitrogens with two attached hydrogens (primary N) is 1. The smallest absolute Gasteiger partial charge is 0.199 e. The Morgan fingerprint density at radius 3 is 2.62 bits per heavy atom. The van der Waals surface area contributed by atoms with Crippen LogP contribution in [0.1, 0.15) is 16.8 Å². The van der Waals surface area contributed by atoms with Crippen LogP contribution >= 0.6 is 23.2 Å². The second-order valence-electron chi connectivity index (χ2n) is 5.42. The molecule has 0 atom stereocenters. The minimum Gasteiger partial charge on any atom is -0.379 e. The highest BCUT2D eigenvalue weighted by Gasteiger charge is 2.15. The number of rotatable bonds is 5.